The molecule has 8 nitrogen and oxygen atoms in total. The fraction of sp³-hybridized carbons (Fsp3) is 0.211. The lowest BCUT2D eigenvalue weighted by atomic mass is 10.1. The Morgan fingerprint density at radius 2 is 1.52 bits per heavy atom. The summed E-state index contributed by atoms with van der Waals surface area (Å²) in [7, 11) is 4.24. The fourth-order valence-electron chi connectivity index (χ4n) is 2.34. The monoisotopic (exact) mass is 372 g/mol. The van der Waals surface area contributed by atoms with Crippen LogP contribution in [-0.4, -0.2) is 39.1 Å². The molecule has 0 fully saturated rings. The number of para-hydroxylation sites is 1. The Morgan fingerprint density at radius 1 is 0.852 bits per heavy atom. The van der Waals surface area contributed by atoms with E-state index in [0.29, 0.717) is 17.2 Å². The van der Waals surface area contributed by atoms with Gasteiger partial charge in [0.15, 0.2) is 11.5 Å². The van der Waals surface area contributed by atoms with Crippen molar-refractivity contribution in [2.75, 3.05) is 32.0 Å². The van der Waals surface area contributed by atoms with E-state index in [2.05, 4.69) is 15.4 Å². The van der Waals surface area contributed by atoms with E-state index in [0.717, 1.165) is 0 Å². The van der Waals surface area contributed by atoms with Crippen molar-refractivity contribution in [1.82, 2.24) is 0 Å². The molecule has 2 amide bonds. The molecule has 0 saturated heterocycles. The fourth-order valence-corrected chi connectivity index (χ4v) is 2.34. The highest BCUT2D eigenvalue weighted by atomic mass is 16.5. The lowest BCUT2D eigenvalue weighted by Gasteiger charge is -2.11. The Kier molecular flexibility index (Phi) is 6.76. The topological polar surface area (TPSA) is 103 Å². The van der Waals surface area contributed by atoms with Gasteiger partial charge in [0.1, 0.15) is 6.42 Å². The van der Waals surface area contributed by atoms with Crippen LogP contribution in [0.15, 0.2) is 42.5 Å². The molecular formula is C19H20N2O6. The van der Waals surface area contributed by atoms with Gasteiger partial charge in [0.25, 0.3) is 0 Å². The van der Waals surface area contributed by atoms with Gasteiger partial charge < -0.3 is 24.8 Å². The normalized spacial score (nSPS) is 9.89. The zero-order valence-electron chi connectivity index (χ0n) is 15.2. The zero-order valence-corrected chi connectivity index (χ0v) is 15.2. The molecule has 2 N–H and O–H groups in total. The molecule has 0 aliphatic rings. The number of anilines is 2. The molecule has 0 bridgehead atoms. The van der Waals surface area contributed by atoms with E-state index in [1.165, 1.54) is 27.4 Å². The van der Waals surface area contributed by atoms with Crippen molar-refractivity contribution in [2.24, 2.45) is 0 Å². The number of hydrogen-bond acceptors (Lipinski definition) is 6. The van der Waals surface area contributed by atoms with Gasteiger partial charge in [-0.15, -0.1) is 0 Å². The maximum Gasteiger partial charge on any atom is 0.339 e. The molecule has 27 heavy (non-hydrogen) atoms. The average molecular weight is 372 g/mol. The van der Waals surface area contributed by atoms with Crippen LogP contribution < -0.4 is 20.1 Å². The van der Waals surface area contributed by atoms with Gasteiger partial charge in [-0.3, -0.25) is 9.59 Å². The molecule has 0 heterocycles. The summed E-state index contributed by atoms with van der Waals surface area (Å²) in [5, 5.41) is 5.14. The molecule has 0 unspecified atom stereocenters. The number of hydrogen-bond donors (Lipinski definition) is 2. The number of carbonyl (C=O) groups is 3. The highest BCUT2D eigenvalue weighted by Crippen LogP contribution is 2.29. The van der Waals surface area contributed by atoms with Crippen LogP contribution in [0.5, 0.6) is 11.5 Å². The summed E-state index contributed by atoms with van der Waals surface area (Å²) >= 11 is 0. The molecule has 2 rings (SSSR count). The average Bonchev–Trinajstić information content (AvgIpc) is 2.67. The summed E-state index contributed by atoms with van der Waals surface area (Å²) in [6, 6.07) is 11.2. The van der Waals surface area contributed by atoms with Gasteiger partial charge in [-0.05, 0) is 24.3 Å². The Labute approximate surface area is 156 Å². The van der Waals surface area contributed by atoms with E-state index in [1.54, 1.807) is 36.4 Å². The van der Waals surface area contributed by atoms with Gasteiger partial charge in [-0.2, -0.15) is 0 Å². The summed E-state index contributed by atoms with van der Waals surface area (Å²) in [4.78, 5) is 36.0. The number of carbonyl (C=O) groups excluding carboxylic acids is 3. The molecule has 8 heteroatoms. The van der Waals surface area contributed by atoms with Crippen molar-refractivity contribution in [2.45, 2.75) is 6.42 Å². The molecule has 0 saturated carbocycles. The number of methoxy groups -OCH3 is 3. The van der Waals surface area contributed by atoms with Crippen molar-refractivity contribution < 1.29 is 28.6 Å². The first-order valence-electron chi connectivity index (χ1n) is 7.97. The third-order valence-electron chi connectivity index (χ3n) is 3.59. The maximum absolute atomic E-state index is 12.1. The second-order valence-corrected chi connectivity index (χ2v) is 5.38. The summed E-state index contributed by atoms with van der Waals surface area (Å²) in [6.45, 7) is 0. The number of esters is 1. The third-order valence-corrected chi connectivity index (χ3v) is 3.59. The van der Waals surface area contributed by atoms with Crippen LogP contribution in [0.1, 0.15) is 16.8 Å². The summed E-state index contributed by atoms with van der Waals surface area (Å²) < 4.78 is 15.0. The molecule has 0 radical (unpaired) electrons. The van der Waals surface area contributed by atoms with Gasteiger partial charge in [0, 0.05) is 11.8 Å². The number of benzene rings is 2. The van der Waals surface area contributed by atoms with Crippen LogP contribution in [0.25, 0.3) is 0 Å². The standard InChI is InChI=1S/C19H20N2O6/c1-25-15-9-8-12(10-16(15)26-2)20-17(22)11-18(23)21-14-7-5-4-6-13(14)19(24)27-3/h4-10H,11H2,1-3H3,(H,20,22)(H,21,23). The lowest BCUT2D eigenvalue weighted by Crippen LogP contribution is -2.22. The minimum atomic E-state index is -0.583. The lowest BCUT2D eigenvalue weighted by molar-refractivity contribution is -0.123. The molecule has 142 valence electrons. The van der Waals surface area contributed by atoms with E-state index in [1.807, 2.05) is 0 Å². The number of ether oxygens (including phenoxy) is 3. The molecule has 2 aromatic carbocycles. The van der Waals surface area contributed by atoms with Gasteiger partial charge in [0.05, 0.1) is 32.6 Å². The van der Waals surface area contributed by atoms with Gasteiger partial charge in [-0.25, -0.2) is 4.79 Å². The molecular weight excluding hydrogens is 352 g/mol. The van der Waals surface area contributed by atoms with E-state index in [9.17, 15) is 14.4 Å². The Morgan fingerprint density at radius 3 is 2.19 bits per heavy atom. The van der Waals surface area contributed by atoms with Gasteiger partial charge in [0.2, 0.25) is 11.8 Å². The molecule has 0 aromatic heterocycles. The summed E-state index contributed by atoms with van der Waals surface area (Å²) in [5.41, 5.74) is 0.933. The van der Waals surface area contributed by atoms with Crippen LogP contribution >= 0.6 is 0 Å². The largest absolute Gasteiger partial charge is 0.493 e. The quantitative estimate of drug-likeness (QED) is 0.572. The summed E-state index contributed by atoms with van der Waals surface area (Å²) in [5.74, 6) is -0.695. The van der Waals surface area contributed by atoms with E-state index < -0.39 is 24.2 Å². The number of rotatable bonds is 7. The molecule has 0 spiro atoms. The van der Waals surface area contributed by atoms with Crippen LogP contribution in [0, 0.1) is 0 Å². The highest BCUT2D eigenvalue weighted by Gasteiger charge is 2.16. The SMILES string of the molecule is COC(=O)c1ccccc1NC(=O)CC(=O)Nc1ccc(OC)c(OC)c1. The molecule has 2 aromatic rings. The third kappa shape index (κ3) is 5.21. The van der Waals surface area contributed by atoms with Crippen molar-refractivity contribution in [3.63, 3.8) is 0 Å². The molecule has 0 atom stereocenters. The smallest absolute Gasteiger partial charge is 0.339 e. The first kappa shape index (κ1) is 19.8. The zero-order chi connectivity index (χ0) is 19.8. The second-order valence-electron chi connectivity index (χ2n) is 5.38. The number of amides is 2. The predicted molar refractivity (Wildman–Crippen MR) is 99.2 cm³/mol. The Hall–Kier alpha value is -3.55. The van der Waals surface area contributed by atoms with Crippen LogP contribution in [-0.2, 0) is 14.3 Å². The first-order valence-corrected chi connectivity index (χ1v) is 7.97. The minimum Gasteiger partial charge on any atom is -0.493 e. The number of nitrogens with one attached hydrogen (secondary N) is 2. The minimum absolute atomic E-state index is 0.202. The Bertz CT molecular complexity index is 850. The molecule has 0 aliphatic heterocycles. The van der Waals surface area contributed by atoms with E-state index in [4.69, 9.17) is 9.47 Å². The van der Waals surface area contributed by atoms with Crippen LogP contribution in [0.2, 0.25) is 0 Å². The van der Waals surface area contributed by atoms with Crippen molar-refractivity contribution in [1.29, 1.82) is 0 Å². The predicted octanol–water partition coefficient (Wildman–Crippen LogP) is 2.46. The van der Waals surface area contributed by atoms with Crippen LogP contribution in [0.4, 0.5) is 11.4 Å². The maximum atomic E-state index is 12.1. The van der Waals surface area contributed by atoms with Gasteiger partial charge >= 0.3 is 5.97 Å². The Balaban J connectivity index is 2.01. The van der Waals surface area contributed by atoms with E-state index >= 15 is 0 Å². The second kappa shape index (κ2) is 9.23. The van der Waals surface area contributed by atoms with Crippen molar-refractivity contribution in [3.8, 4) is 11.5 Å². The van der Waals surface area contributed by atoms with Crippen molar-refractivity contribution in [3.05, 3.63) is 48.0 Å². The highest BCUT2D eigenvalue weighted by molar-refractivity contribution is 6.10. The molecule has 0 aliphatic carbocycles. The van der Waals surface area contributed by atoms with Crippen LogP contribution in [0.3, 0.4) is 0 Å². The van der Waals surface area contributed by atoms with E-state index in [-0.39, 0.29) is 11.3 Å². The van der Waals surface area contributed by atoms with Crippen molar-refractivity contribution >= 4 is 29.2 Å². The van der Waals surface area contributed by atoms with Gasteiger partial charge in [-0.1, -0.05) is 12.1 Å². The first-order chi connectivity index (χ1) is 13.0. The summed E-state index contributed by atoms with van der Waals surface area (Å²) in [6.07, 6.45) is -0.427.